The number of methoxy groups -OCH3 is 2. The second kappa shape index (κ2) is 8.08. The van der Waals surface area contributed by atoms with Crippen LogP contribution in [0.25, 0.3) is 0 Å². The Morgan fingerprint density at radius 3 is 2.70 bits per heavy atom. The van der Waals surface area contributed by atoms with Crippen molar-refractivity contribution in [2.24, 2.45) is 5.92 Å². The second-order valence-electron chi connectivity index (χ2n) is 6.78. The van der Waals surface area contributed by atoms with Crippen LogP contribution in [0.2, 0.25) is 0 Å². The fraction of sp³-hybridized carbons (Fsp3) is 0.450. The van der Waals surface area contributed by atoms with Gasteiger partial charge in [-0.25, -0.2) is 9.78 Å². The first-order valence-corrected chi connectivity index (χ1v) is 9.73. The number of nitrogens with zero attached hydrogens (tertiary/aromatic N) is 2. The van der Waals surface area contributed by atoms with Crippen LogP contribution < -0.4 is 4.74 Å². The van der Waals surface area contributed by atoms with Gasteiger partial charge in [0, 0.05) is 13.1 Å². The second-order valence-corrected chi connectivity index (χ2v) is 7.98. The molecule has 1 aliphatic heterocycles. The van der Waals surface area contributed by atoms with Gasteiger partial charge in [0.15, 0.2) is 0 Å². The molecule has 1 unspecified atom stereocenters. The number of ether oxygens (including phenoxy) is 2. The lowest BCUT2D eigenvalue weighted by molar-refractivity contribution is 0.0600. The van der Waals surface area contributed by atoms with E-state index in [-0.39, 0.29) is 11.9 Å². The van der Waals surface area contributed by atoms with Crippen molar-refractivity contribution in [3.8, 4) is 5.75 Å². The van der Waals surface area contributed by atoms with E-state index in [0.717, 1.165) is 46.3 Å². The molecule has 0 bridgehead atoms. The van der Waals surface area contributed by atoms with Gasteiger partial charge in [-0.15, -0.1) is 11.3 Å². The molecule has 0 N–H and O–H groups in total. The van der Waals surface area contributed by atoms with Crippen molar-refractivity contribution in [2.45, 2.75) is 26.7 Å². The average molecular weight is 388 g/mol. The van der Waals surface area contributed by atoms with E-state index in [0.29, 0.717) is 18.0 Å². The molecule has 1 fully saturated rings. The molecule has 1 saturated heterocycles. The first kappa shape index (κ1) is 19.4. The maximum absolute atomic E-state index is 12.8. The summed E-state index contributed by atoms with van der Waals surface area (Å²) >= 11 is 1.45. The quantitative estimate of drug-likeness (QED) is 0.736. The van der Waals surface area contributed by atoms with Crippen LogP contribution in [-0.2, 0) is 11.2 Å². The van der Waals surface area contributed by atoms with Crippen LogP contribution in [0.5, 0.6) is 5.75 Å². The van der Waals surface area contributed by atoms with E-state index >= 15 is 0 Å². The zero-order chi connectivity index (χ0) is 19.6. The zero-order valence-electron chi connectivity index (χ0n) is 16.1. The van der Waals surface area contributed by atoms with Crippen molar-refractivity contribution in [3.05, 3.63) is 44.9 Å². The Bertz CT molecular complexity index is 862. The fourth-order valence-corrected chi connectivity index (χ4v) is 4.44. The maximum atomic E-state index is 12.8. The summed E-state index contributed by atoms with van der Waals surface area (Å²) in [4.78, 5) is 31.6. The molecule has 7 heteroatoms. The van der Waals surface area contributed by atoms with Gasteiger partial charge >= 0.3 is 5.97 Å². The predicted octanol–water partition coefficient (Wildman–Crippen LogP) is 3.26. The zero-order valence-corrected chi connectivity index (χ0v) is 16.9. The van der Waals surface area contributed by atoms with E-state index in [1.54, 1.807) is 19.2 Å². The molecule has 27 heavy (non-hydrogen) atoms. The Morgan fingerprint density at radius 1 is 1.30 bits per heavy atom. The van der Waals surface area contributed by atoms with Crippen LogP contribution in [0, 0.1) is 19.8 Å². The number of aromatic nitrogens is 1. The molecule has 1 aromatic heterocycles. The molecule has 6 nitrogen and oxygen atoms in total. The predicted molar refractivity (Wildman–Crippen MR) is 104 cm³/mol. The van der Waals surface area contributed by atoms with Crippen LogP contribution in [-0.4, -0.2) is 49.1 Å². The summed E-state index contributed by atoms with van der Waals surface area (Å²) in [6, 6.07) is 5.32. The number of likely N-dealkylation sites (tertiary alicyclic amines) is 1. The minimum absolute atomic E-state index is 0.0656. The van der Waals surface area contributed by atoms with Gasteiger partial charge in [-0.3, -0.25) is 4.79 Å². The Balaban J connectivity index is 1.72. The number of carbonyl (C=O) groups excluding carboxylic acids is 2. The Kier molecular flexibility index (Phi) is 5.79. The highest BCUT2D eigenvalue weighted by atomic mass is 32.1. The summed E-state index contributed by atoms with van der Waals surface area (Å²) in [6.45, 7) is 5.23. The average Bonchev–Trinajstić information content (AvgIpc) is 3.26. The maximum Gasteiger partial charge on any atom is 0.337 e. The Morgan fingerprint density at radius 2 is 2.07 bits per heavy atom. The third-order valence-electron chi connectivity index (χ3n) is 4.88. The van der Waals surface area contributed by atoms with Gasteiger partial charge < -0.3 is 14.4 Å². The molecule has 0 aliphatic carbocycles. The summed E-state index contributed by atoms with van der Waals surface area (Å²) in [5.74, 6) is 0.778. The van der Waals surface area contributed by atoms with E-state index < -0.39 is 0 Å². The highest BCUT2D eigenvalue weighted by molar-refractivity contribution is 7.13. The van der Waals surface area contributed by atoms with Crippen LogP contribution in [0.4, 0.5) is 0 Å². The minimum atomic E-state index is -0.363. The summed E-state index contributed by atoms with van der Waals surface area (Å²) < 4.78 is 10.3. The van der Waals surface area contributed by atoms with Gasteiger partial charge in [0.25, 0.3) is 5.91 Å². The molecule has 1 amide bonds. The van der Waals surface area contributed by atoms with Gasteiger partial charge in [0.1, 0.15) is 10.6 Å². The van der Waals surface area contributed by atoms with E-state index in [2.05, 4.69) is 4.98 Å². The molecule has 144 valence electrons. The smallest absolute Gasteiger partial charge is 0.337 e. The molecule has 0 radical (unpaired) electrons. The lowest BCUT2D eigenvalue weighted by Crippen LogP contribution is -2.28. The molecule has 0 spiro atoms. The molecular weight excluding hydrogens is 364 g/mol. The molecule has 2 heterocycles. The van der Waals surface area contributed by atoms with Crippen LogP contribution in [0.3, 0.4) is 0 Å². The number of carbonyl (C=O) groups is 2. The number of hydrogen-bond donors (Lipinski definition) is 0. The highest BCUT2D eigenvalue weighted by Crippen LogP contribution is 2.29. The van der Waals surface area contributed by atoms with Crippen LogP contribution in [0.1, 0.15) is 42.7 Å². The van der Waals surface area contributed by atoms with E-state index in [4.69, 9.17) is 9.47 Å². The molecule has 1 atom stereocenters. The fourth-order valence-electron chi connectivity index (χ4n) is 3.55. The van der Waals surface area contributed by atoms with Crippen molar-refractivity contribution in [1.29, 1.82) is 0 Å². The van der Waals surface area contributed by atoms with Crippen LogP contribution >= 0.6 is 11.3 Å². The normalized spacial score (nSPS) is 16.4. The molecule has 3 rings (SSSR count). The van der Waals surface area contributed by atoms with Crippen molar-refractivity contribution < 1.29 is 19.1 Å². The van der Waals surface area contributed by atoms with Gasteiger partial charge in [0.2, 0.25) is 0 Å². The third kappa shape index (κ3) is 4.13. The number of thiazole rings is 1. The Hall–Kier alpha value is -2.41. The minimum Gasteiger partial charge on any atom is -0.496 e. The van der Waals surface area contributed by atoms with E-state index in [1.807, 2.05) is 24.8 Å². The monoisotopic (exact) mass is 388 g/mol. The first-order valence-electron chi connectivity index (χ1n) is 8.91. The SMILES string of the molecule is COC(=O)c1ccc(OC)c(CC2CCN(C(=O)c3sc(C)nc3C)C2)c1. The molecule has 2 aromatic rings. The summed E-state index contributed by atoms with van der Waals surface area (Å²) in [6.07, 6.45) is 1.67. The summed E-state index contributed by atoms with van der Waals surface area (Å²) in [5, 5.41) is 0.913. The van der Waals surface area contributed by atoms with Crippen LogP contribution in [0.15, 0.2) is 18.2 Å². The standard InChI is InChI=1S/C20H24N2O4S/c1-12-18(27-13(2)21-12)19(23)22-8-7-14(11-22)9-16-10-15(20(24)26-4)5-6-17(16)25-3/h5-6,10,14H,7-9,11H2,1-4H3. The van der Waals surface area contributed by atoms with Gasteiger partial charge in [0.05, 0.1) is 30.5 Å². The lowest BCUT2D eigenvalue weighted by Gasteiger charge is -2.17. The topological polar surface area (TPSA) is 68.7 Å². The molecule has 1 aromatic carbocycles. The Labute approximate surface area is 163 Å². The third-order valence-corrected chi connectivity index (χ3v) is 5.94. The van der Waals surface area contributed by atoms with Crippen molar-refractivity contribution in [2.75, 3.05) is 27.3 Å². The van der Waals surface area contributed by atoms with E-state index in [1.165, 1.54) is 18.4 Å². The number of benzene rings is 1. The molecule has 0 saturated carbocycles. The lowest BCUT2D eigenvalue weighted by atomic mass is 9.96. The summed E-state index contributed by atoms with van der Waals surface area (Å²) in [7, 11) is 2.99. The van der Waals surface area contributed by atoms with Gasteiger partial charge in [-0.05, 0) is 56.4 Å². The van der Waals surface area contributed by atoms with E-state index in [9.17, 15) is 9.59 Å². The number of aryl methyl sites for hydroxylation is 2. The summed E-state index contributed by atoms with van der Waals surface area (Å²) in [5.41, 5.74) is 2.28. The van der Waals surface area contributed by atoms with Crippen molar-refractivity contribution in [3.63, 3.8) is 0 Å². The van der Waals surface area contributed by atoms with Crippen molar-refractivity contribution in [1.82, 2.24) is 9.88 Å². The van der Waals surface area contributed by atoms with Gasteiger partial charge in [-0.2, -0.15) is 0 Å². The first-order chi connectivity index (χ1) is 12.9. The van der Waals surface area contributed by atoms with Gasteiger partial charge in [-0.1, -0.05) is 0 Å². The number of amides is 1. The number of hydrogen-bond acceptors (Lipinski definition) is 6. The number of esters is 1. The molecule has 1 aliphatic rings. The molecular formula is C20H24N2O4S. The highest BCUT2D eigenvalue weighted by Gasteiger charge is 2.29. The largest absolute Gasteiger partial charge is 0.496 e. The van der Waals surface area contributed by atoms with Crippen molar-refractivity contribution >= 4 is 23.2 Å². The number of rotatable bonds is 5.